The van der Waals surface area contributed by atoms with Gasteiger partial charge in [-0.3, -0.25) is 0 Å². The van der Waals surface area contributed by atoms with Crippen molar-refractivity contribution in [3.63, 3.8) is 0 Å². The minimum absolute atomic E-state index is 0.271. The van der Waals surface area contributed by atoms with E-state index in [0.717, 1.165) is 0 Å². The predicted molar refractivity (Wildman–Crippen MR) is 47.7 cm³/mol. The molecule has 0 radical (unpaired) electrons. The van der Waals surface area contributed by atoms with Gasteiger partial charge >= 0.3 is 0 Å². The first-order valence-electron chi connectivity index (χ1n) is 3.92. The molecule has 0 saturated heterocycles. The van der Waals surface area contributed by atoms with E-state index >= 15 is 0 Å². The van der Waals surface area contributed by atoms with Crippen molar-refractivity contribution in [1.29, 1.82) is 0 Å². The van der Waals surface area contributed by atoms with Gasteiger partial charge in [0.05, 0.1) is 18.2 Å². The highest BCUT2D eigenvalue weighted by Crippen LogP contribution is 1.87. The molecule has 80 valence electrons. The normalized spacial score (nSPS) is 11.4. The SMILES string of the molecule is CC(O)Cn1cc[n+](C)c1.O=[N+]([O-])[O-]. The van der Waals surface area contributed by atoms with Crippen LogP contribution in [0.25, 0.3) is 0 Å². The molecule has 0 bridgehead atoms. The lowest BCUT2D eigenvalue weighted by Gasteiger charge is -1.97. The van der Waals surface area contributed by atoms with Gasteiger partial charge < -0.3 is 20.4 Å². The van der Waals surface area contributed by atoms with Gasteiger partial charge in [-0.2, -0.15) is 0 Å². The highest BCUT2D eigenvalue weighted by atomic mass is 16.9. The molecule has 1 rings (SSSR count). The number of rotatable bonds is 2. The summed E-state index contributed by atoms with van der Waals surface area (Å²) in [7, 11) is 1.96. The van der Waals surface area contributed by atoms with Crippen LogP contribution in [0, 0.1) is 15.3 Å². The molecule has 7 nitrogen and oxygen atoms in total. The third-order valence-corrected chi connectivity index (χ3v) is 1.30. The Morgan fingerprint density at radius 3 is 2.43 bits per heavy atom. The lowest BCUT2D eigenvalue weighted by Crippen LogP contribution is -2.24. The van der Waals surface area contributed by atoms with E-state index < -0.39 is 5.09 Å². The second-order valence-electron chi connectivity index (χ2n) is 2.85. The van der Waals surface area contributed by atoms with Crippen LogP contribution < -0.4 is 4.57 Å². The van der Waals surface area contributed by atoms with Crippen molar-refractivity contribution in [2.75, 3.05) is 0 Å². The van der Waals surface area contributed by atoms with Crippen LogP contribution in [-0.4, -0.2) is 20.9 Å². The molecule has 0 fully saturated rings. The summed E-state index contributed by atoms with van der Waals surface area (Å²) in [6.07, 6.45) is 5.55. The number of aromatic nitrogens is 2. The third-order valence-electron chi connectivity index (χ3n) is 1.30. The van der Waals surface area contributed by atoms with Gasteiger partial charge in [0.15, 0.2) is 0 Å². The molecule has 0 aliphatic rings. The monoisotopic (exact) mass is 203 g/mol. The smallest absolute Gasteiger partial charge is 0.243 e. The molecule has 1 heterocycles. The van der Waals surface area contributed by atoms with Crippen LogP contribution in [0.5, 0.6) is 0 Å². The summed E-state index contributed by atoms with van der Waals surface area (Å²) in [6, 6.07) is 0. The molecule has 1 N–H and O–H groups in total. The van der Waals surface area contributed by atoms with E-state index in [1.54, 1.807) is 6.92 Å². The average molecular weight is 203 g/mol. The standard InChI is InChI=1S/C7H13N2O.NO3/c1-7(10)5-9-4-3-8(2)6-9;2-1(3)4/h3-4,6-7,10H,5H2,1-2H3;/q+1;-1. The topological polar surface area (TPSA) is 95.2 Å². The Hall–Kier alpha value is -1.63. The first kappa shape index (κ1) is 12.4. The molecular formula is C7H13N3O4. The number of imidazole rings is 1. The summed E-state index contributed by atoms with van der Waals surface area (Å²) in [4.78, 5) is 8.25. The molecule has 1 aromatic heterocycles. The summed E-state index contributed by atoms with van der Waals surface area (Å²) < 4.78 is 3.90. The van der Waals surface area contributed by atoms with Crippen molar-refractivity contribution in [2.24, 2.45) is 7.05 Å². The van der Waals surface area contributed by atoms with E-state index in [4.69, 9.17) is 20.4 Å². The van der Waals surface area contributed by atoms with Crippen LogP contribution >= 0.6 is 0 Å². The van der Waals surface area contributed by atoms with Crippen molar-refractivity contribution in [3.05, 3.63) is 34.0 Å². The highest BCUT2D eigenvalue weighted by Gasteiger charge is 2.02. The van der Waals surface area contributed by atoms with Crippen molar-refractivity contribution >= 4 is 0 Å². The van der Waals surface area contributed by atoms with Crippen LogP contribution in [0.1, 0.15) is 6.92 Å². The van der Waals surface area contributed by atoms with Gasteiger partial charge in [-0.05, 0) is 6.92 Å². The first-order chi connectivity index (χ1) is 6.41. The molecule has 0 spiro atoms. The van der Waals surface area contributed by atoms with Crippen molar-refractivity contribution in [1.82, 2.24) is 4.57 Å². The minimum Gasteiger partial charge on any atom is -0.389 e. The molecule has 1 unspecified atom stereocenters. The maximum atomic E-state index is 8.98. The summed E-state index contributed by atoms with van der Waals surface area (Å²) in [5.41, 5.74) is 0. The van der Waals surface area contributed by atoms with E-state index in [2.05, 4.69) is 0 Å². The highest BCUT2D eigenvalue weighted by molar-refractivity contribution is 4.66. The number of nitrogens with zero attached hydrogens (tertiary/aromatic N) is 3. The van der Waals surface area contributed by atoms with E-state index in [9.17, 15) is 0 Å². The fourth-order valence-electron chi connectivity index (χ4n) is 0.915. The number of hydrogen-bond donors (Lipinski definition) is 1. The fourth-order valence-corrected chi connectivity index (χ4v) is 0.915. The molecule has 1 aromatic rings. The Balaban J connectivity index is 0.000000364. The predicted octanol–water partition coefficient (Wildman–Crippen LogP) is -0.546. The zero-order valence-electron chi connectivity index (χ0n) is 8.03. The van der Waals surface area contributed by atoms with Gasteiger partial charge in [0.25, 0.3) is 0 Å². The summed E-state index contributed by atoms with van der Waals surface area (Å²) in [6.45, 7) is 2.45. The van der Waals surface area contributed by atoms with Gasteiger partial charge in [0.2, 0.25) is 6.33 Å². The third kappa shape index (κ3) is 7.04. The van der Waals surface area contributed by atoms with Crippen LogP contribution in [0.3, 0.4) is 0 Å². The lowest BCUT2D eigenvalue weighted by molar-refractivity contribution is -0.671. The first-order valence-corrected chi connectivity index (χ1v) is 3.92. The van der Waals surface area contributed by atoms with Crippen LogP contribution in [0.15, 0.2) is 18.7 Å². The van der Waals surface area contributed by atoms with Gasteiger partial charge in [-0.1, -0.05) is 0 Å². The second kappa shape index (κ2) is 5.92. The molecule has 0 amide bonds. The maximum absolute atomic E-state index is 8.98. The van der Waals surface area contributed by atoms with Gasteiger partial charge in [0, 0.05) is 0 Å². The van der Waals surface area contributed by atoms with Crippen molar-refractivity contribution in [2.45, 2.75) is 19.6 Å². The summed E-state index contributed by atoms with van der Waals surface area (Å²) >= 11 is 0. The molecule has 0 aliphatic carbocycles. The van der Waals surface area contributed by atoms with Crippen molar-refractivity contribution < 1.29 is 14.8 Å². The van der Waals surface area contributed by atoms with E-state index in [0.29, 0.717) is 6.54 Å². The van der Waals surface area contributed by atoms with Crippen molar-refractivity contribution in [3.8, 4) is 0 Å². The molecule has 14 heavy (non-hydrogen) atoms. The Labute approximate surface area is 80.9 Å². The molecule has 1 atom stereocenters. The minimum atomic E-state index is -1.75. The number of aliphatic hydroxyl groups excluding tert-OH is 1. The summed E-state index contributed by atoms with van der Waals surface area (Å²) in [5, 5.41) is 23.7. The Kier molecular flexibility index (Phi) is 5.23. The zero-order valence-corrected chi connectivity index (χ0v) is 8.03. The quantitative estimate of drug-likeness (QED) is 0.396. The summed E-state index contributed by atoms with van der Waals surface area (Å²) in [5.74, 6) is 0. The average Bonchev–Trinajstić information content (AvgIpc) is 2.32. The van der Waals surface area contributed by atoms with E-state index in [-0.39, 0.29) is 6.10 Å². The molecule has 0 saturated carbocycles. The zero-order chi connectivity index (χ0) is 11.1. The molecule has 0 aliphatic heterocycles. The number of aliphatic hydroxyl groups is 1. The van der Waals surface area contributed by atoms with E-state index in [1.165, 1.54) is 0 Å². The lowest BCUT2D eigenvalue weighted by atomic mass is 10.4. The molecular weight excluding hydrogens is 190 g/mol. The largest absolute Gasteiger partial charge is 0.389 e. The van der Waals surface area contributed by atoms with Crippen LogP contribution in [0.2, 0.25) is 0 Å². The van der Waals surface area contributed by atoms with Gasteiger partial charge in [0.1, 0.15) is 18.9 Å². The number of aryl methyl sites for hydroxylation is 1. The Morgan fingerprint density at radius 1 is 1.64 bits per heavy atom. The molecule has 0 aromatic carbocycles. The number of hydrogen-bond acceptors (Lipinski definition) is 4. The Bertz CT molecular complexity index is 280. The van der Waals surface area contributed by atoms with Gasteiger partial charge in [-0.15, -0.1) is 0 Å². The molecule has 7 heteroatoms. The second-order valence-corrected chi connectivity index (χ2v) is 2.85. The maximum Gasteiger partial charge on any atom is 0.243 e. The van der Waals surface area contributed by atoms with Crippen LogP contribution in [-0.2, 0) is 13.6 Å². The van der Waals surface area contributed by atoms with Crippen LogP contribution in [0.4, 0.5) is 0 Å². The van der Waals surface area contributed by atoms with E-state index in [1.807, 2.05) is 34.9 Å². The Morgan fingerprint density at radius 2 is 2.14 bits per heavy atom. The van der Waals surface area contributed by atoms with Gasteiger partial charge in [-0.25, -0.2) is 9.13 Å². The fraction of sp³-hybridized carbons (Fsp3) is 0.571.